The standard InChI is InChI=1S/C20H25N5O3S/c1-12(2)18-19-23-16-6-5-15(29(4,27)28)9-17(16)24(19)7-8-25(18)20-21-10-14(11-26)13(3)22-20/h5-6,9-10,12,18,26H,7-8,11H2,1-4H3/t18-/m0/s1. The van der Waals surface area contributed by atoms with E-state index in [1.165, 1.54) is 6.26 Å². The Labute approximate surface area is 170 Å². The summed E-state index contributed by atoms with van der Waals surface area (Å²) in [6, 6.07) is 5.05. The van der Waals surface area contributed by atoms with Crippen LogP contribution in [0.25, 0.3) is 11.0 Å². The normalized spacial score (nSPS) is 17.2. The molecule has 8 nitrogen and oxygen atoms in total. The number of benzene rings is 1. The zero-order valence-corrected chi connectivity index (χ0v) is 17.8. The second kappa shape index (κ2) is 7.07. The molecule has 2 aromatic heterocycles. The second-order valence-electron chi connectivity index (χ2n) is 7.87. The van der Waals surface area contributed by atoms with Crippen LogP contribution in [-0.4, -0.2) is 45.8 Å². The Bertz CT molecular complexity index is 1190. The monoisotopic (exact) mass is 415 g/mol. The van der Waals surface area contributed by atoms with Crippen molar-refractivity contribution >= 4 is 26.8 Å². The first-order chi connectivity index (χ1) is 13.7. The molecule has 0 aliphatic carbocycles. The number of hydrogen-bond acceptors (Lipinski definition) is 7. The number of anilines is 1. The zero-order valence-electron chi connectivity index (χ0n) is 17.0. The van der Waals surface area contributed by atoms with E-state index in [1.807, 2.05) is 6.92 Å². The second-order valence-corrected chi connectivity index (χ2v) is 9.88. The molecule has 0 spiro atoms. The van der Waals surface area contributed by atoms with Gasteiger partial charge in [0.15, 0.2) is 9.84 Å². The highest BCUT2D eigenvalue weighted by Gasteiger charge is 2.34. The third-order valence-corrected chi connectivity index (χ3v) is 6.58. The van der Waals surface area contributed by atoms with Crippen LogP contribution >= 0.6 is 0 Å². The van der Waals surface area contributed by atoms with Gasteiger partial charge < -0.3 is 14.6 Å². The molecule has 1 aromatic carbocycles. The third-order valence-electron chi connectivity index (χ3n) is 5.47. The number of aryl methyl sites for hydroxylation is 1. The number of nitrogens with zero attached hydrogens (tertiary/aromatic N) is 5. The lowest BCUT2D eigenvalue weighted by atomic mass is 10.00. The molecule has 29 heavy (non-hydrogen) atoms. The Morgan fingerprint density at radius 1 is 1.24 bits per heavy atom. The lowest BCUT2D eigenvalue weighted by molar-refractivity contribution is 0.280. The number of aromatic nitrogens is 4. The molecule has 1 atom stereocenters. The quantitative estimate of drug-likeness (QED) is 0.697. The predicted molar refractivity (Wildman–Crippen MR) is 110 cm³/mol. The molecule has 9 heteroatoms. The fourth-order valence-corrected chi connectivity index (χ4v) is 4.60. The molecule has 3 heterocycles. The van der Waals surface area contributed by atoms with Crippen molar-refractivity contribution in [3.05, 3.63) is 41.5 Å². The molecule has 0 radical (unpaired) electrons. The summed E-state index contributed by atoms with van der Waals surface area (Å²) < 4.78 is 26.1. The maximum Gasteiger partial charge on any atom is 0.226 e. The first-order valence-electron chi connectivity index (χ1n) is 9.61. The molecule has 0 saturated carbocycles. The minimum Gasteiger partial charge on any atom is -0.392 e. The van der Waals surface area contributed by atoms with Crippen LogP contribution < -0.4 is 4.90 Å². The van der Waals surface area contributed by atoms with Gasteiger partial charge in [-0.2, -0.15) is 0 Å². The summed E-state index contributed by atoms with van der Waals surface area (Å²) in [6.07, 6.45) is 2.89. The lowest BCUT2D eigenvalue weighted by Gasteiger charge is -2.38. The molecule has 1 aliphatic rings. The number of hydrogen-bond donors (Lipinski definition) is 1. The first kappa shape index (κ1) is 19.8. The SMILES string of the molecule is Cc1nc(N2CCn3c(nc4ccc(S(C)(=O)=O)cc43)[C@@H]2C(C)C)ncc1CO. The Balaban J connectivity index is 1.83. The fourth-order valence-electron chi connectivity index (χ4n) is 3.95. The summed E-state index contributed by atoms with van der Waals surface area (Å²) in [5.74, 6) is 1.74. The highest BCUT2D eigenvalue weighted by molar-refractivity contribution is 7.90. The predicted octanol–water partition coefficient (Wildman–Crippen LogP) is 2.25. The lowest BCUT2D eigenvalue weighted by Crippen LogP contribution is -2.42. The van der Waals surface area contributed by atoms with Crippen molar-refractivity contribution in [3.8, 4) is 0 Å². The molecule has 0 bridgehead atoms. The van der Waals surface area contributed by atoms with Crippen molar-refractivity contribution in [2.45, 2.75) is 44.9 Å². The number of sulfone groups is 1. The van der Waals surface area contributed by atoms with Crippen LogP contribution in [-0.2, 0) is 23.0 Å². The summed E-state index contributed by atoms with van der Waals surface area (Å²) in [5, 5.41) is 9.40. The number of aliphatic hydroxyl groups excluding tert-OH is 1. The van der Waals surface area contributed by atoms with Gasteiger partial charge in [0.25, 0.3) is 0 Å². The third kappa shape index (κ3) is 3.38. The number of aliphatic hydroxyl groups is 1. The van der Waals surface area contributed by atoms with Crippen LogP contribution in [0.5, 0.6) is 0 Å². The molecule has 3 aromatic rings. The van der Waals surface area contributed by atoms with Crippen LogP contribution in [0.2, 0.25) is 0 Å². The van der Waals surface area contributed by atoms with Crippen LogP contribution in [0.3, 0.4) is 0 Å². The van der Waals surface area contributed by atoms with E-state index in [2.05, 4.69) is 33.3 Å². The van der Waals surface area contributed by atoms with Crippen molar-refractivity contribution in [2.75, 3.05) is 17.7 Å². The topological polar surface area (TPSA) is 101 Å². The number of imidazole rings is 1. The van der Waals surface area contributed by atoms with E-state index in [-0.39, 0.29) is 18.6 Å². The molecule has 4 rings (SSSR count). The van der Waals surface area contributed by atoms with Crippen LogP contribution in [0.1, 0.15) is 37.0 Å². The van der Waals surface area contributed by atoms with Crippen LogP contribution in [0.4, 0.5) is 5.95 Å². The highest BCUT2D eigenvalue weighted by atomic mass is 32.2. The largest absolute Gasteiger partial charge is 0.392 e. The highest BCUT2D eigenvalue weighted by Crippen LogP contribution is 2.36. The van der Waals surface area contributed by atoms with Gasteiger partial charge in [-0.3, -0.25) is 0 Å². The van der Waals surface area contributed by atoms with Gasteiger partial charge in [0.2, 0.25) is 5.95 Å². The van der Waals surface area contributed by atoms with E-state index < -0.39 is 9.84 Å². The Hall–Kier alpha value is -2.52. The average molecular weight is 416 g/mol. The van der Waals surface area contributed by atoms with Crippen LogP contribution in [0.15, 0.2) is 29.3 Å². The first-order valence-corrected chi connectivity index (χ1v) is 11.5. The van der Waals surface area contributed by atoms with E-state index in [0.717, 1.165) is 22.6 Å². The smallest absolute Gasteiger partial charge is 0.226 e. The van der Waals surface area contributed by atoms with E-state index in [9.17, 15) is 13.5 Å². The zero-order chi connectivity index (χ0) is 20.9. The van der Waals surface area contributed by atoms with Gasteiger partial charge in [-0.25, -0.2) is 23.4 Å². The van der Waals surface area contributed by atoms with Crippen LogP contribution in [0, 0.1) is 12.8 Å². The molecule has 0 saturated heterocycles. The molecule has 1 N–H and O–H groups in total. The average Bonchev–Trinajstić information content (AvgIpc) is 3.04. The van der Waals surface area contributed by atoms with Crippen molar-refractivity contribution in [1.29, 1.82) is 0 Å². The number of rotatable bonds is 4. The number of fused-ring (bicyclic) bond motifs is 3. The summed E-state index contributed by atoms with van der Waals surface area (Å²) >= 11 is 0. The minimum absolute atomic E-state index is 0.0442. The summed E-state index contributed by atoms with van der Waals surface area (Å²) in [5.41, 5.74) is 3.10. The summed E-state index contributed by atoms with van der Waals surface area (Å²) in [4.78, 5) is 16.4. The molecule has 154 valence electrons. The fraction of sp³-hybridized carbons (Fsp3) is 0.450. The van der Waals surface area contributed by atoms with Crippen molar-refractivity contribution < 1.29 is 13.5 Å². The van der Waals surface area contributed by atoms with Crippen molar-refractivity contribution in [3.63, 3.8) is 0 Å². The molecular formula is C20H25N5O3S. The summed E-state index contributed by atoms with van der Waals surface area (Å²) in [7, 11) is -3.29. The van der Waals surface area contributed by atoms with Gasteiger partial charge in [0.1, 0.15) is 5.82 Å². The van der Waals surface area contributed by atoms with Gasteiger partial charge in [0, 0.05) is 36.8 Å². The molecule has 1 aliphatic heterocycles. The molecule has 0 fully saturated rings. The molecule has 0 unspecified atom stereocenters. The molecule has 0 amide bonds. The Morgan fingerprint density at radius 3 is 2.62 bits per heavy atom. The Kier molecular flexibility index (Phi) is 4.82. The van der Waals surface area contributed by atoms with Gasteiger partial charge in [0.05, 0.1) is 28.6 Å². The van der Waals surface area contributed by atoms with E-state index in [0.29, 0.717) is 29.5 Å². The van der Waals surface area contributed by atoms with E-state index in [1.54, 1.807) is 24.4 Å². The van der Waals surface area contributed by atoms with Gasteiger partial charge in [-0.05, 0) is 31.0 Å². The molecular weight excluding hydrogens is 390 g/mol. The van der Waals surface area contributed by atoms with Gasteiger partial charge in [-0.1, -0.05) is 13.8 Å². The van der Waals surface area contributed by atoms with Gasteiger partial charge in [-0.15, -0.1) is 0 Å². The van der Waals surface area contributed by atoms with Crippen molar-refractivity contribution in [2.24, 2.45) is 5.92 Å². The van der Waals surface area contributed by atoms with Crippen molar-refractivity contribution in [1.82, 2.24) is 19.5 Å². The maximum absolute atomic E-state index is 12.0. The van der Waals surface area contributed by atoms with E-state index in [4.69, 9.17) is 4.98 Å². The maximum atomic E-state index is 12.0. The summed E-state index contributed by atoms with van der Waals surface area (Å²) in [6.45, 7) is 7.38. The minimum atomic E-state index is -3.29. The van der Waals surface area contributed by atoms with E-state index >= 15 is 0 Å². The Morgan fingerprint density at radius 2 is 2.00 bits per heavy atom. The van der Waals surface area contributed by atoms with Gasteiger partial charge >= 0.3 is 0 Å².